The molecule has 0 bridgehead atoms. The summed E-state index contributed by atoms with van der Waals surface area (Å²) in [6.07, 6.45) is 6.59. The average Bonchev–Trinajstić information content (AvgIpc) is 2.35. The SMILES string of the molecule is CC1=CSC2=CC=CC12. The molecule has 0 aromatic heterocycles. The van der Waals surface area contributed by atoms with Gasteiger partial charge in [-0.25, -0.2) is 0 Å². The molecule has 0 fully saturated rings. The van der Waals surface area contributed by atoms with Crippen LogP contribution in [0.3, 0.4) is 0 Å². The predicted octanol–water partition coefficient (Wildman–Crippen LogP) is 2.71. The Kier molecular flexibility index (Phi) is 1.06. The topological polar surface area (TPSA) is 0 Å². The second-order valence-electron chi connectivity index (χ2n) is 2.41. The number of hydrogen-bond acceptors (Lipinski definition) is 1. The average molecular weight is 136 g/mol. The molecular weight excluding hydrogens is 128 g/mol. The second kappa shape index (κ2) is 1.77. The lowest BCUT2D eigenvalue weighted by molar-refractivity contribution is 0.986. The summed E-state index contributed by atoms with van der Waals surface area (Å²) in [5, 5.41) is 2.24. The van der Waals surface area contributed by atoms with Gasteiger partial charge in [0.05, 0.1) is 0 Å². The van der Waals surface area contributed by atoms with Gasteiger partial charge in [-0.05, 0) is 12.3 Å². The molecule has 0 aromatic carbocycles. The van der Waals surface area contributed by atoms with Gasteiger partial charge in [0, 0.05) is 10.8 Å². The van der Waals surface area contributed by atoms with Gasteiger partial charge in [-0.3, -0.25) is 0 Å². The van der Waals surface area contributed by atoms with Gasteiger partial charge in [0.1, 0.15) is 0 Å². The third kappa shape index (κ3) is 0.681. The highest BCUT2D eigenvalue weighted by atomic mass is 32.2. The van der Waals surface area contributed by atoms with E-state index in [1.807, 2.05) is 11.8 Å². The normalized spacial score (nSPS) is 30.1. The maximum absolute atomic E-state index is 2.25. The first-order chi connectivity index (χ1) is 4.38. The van der Waals surface area contributed by atoms with Crippen LogP contribution in [0.15, 0.2) is 34.1 Å². The van der Waals surface area contributed by atoms with Gasteiger partial charge in [-0.1, -0.05) is 23.8 Å². The Morgan fingerprint density at radius 1 is 1.56 bits per heavy atom. The molecular formula is C8H8S. The van der Waals surface area contributed by atoms with E-state index < -0.39 is 0 Å². The number of thioether (sulfide) groups is 1. The van der Waals surface area contributed by atoms with Crippen LogP contribution in [0.25, 0.3) is 0 Å². The van der Waals surface area contributed by atoms with Crippen molar-refractivity contribution in [2.75, 3.05) is 0 Å². The van der Waals surface area contributed by atoms with E-state index in [9.17, 15) is 0 Å². The van der Waals surface area contributed by atoms with Crippen LogP contribution in [0.5, 0.6) is 0 Å². The maximum atomic E-state index is 2.25. The standard InChI is InChI=1S/C8H8S/c1-6-5-9-8-4-2-3-7(6)8/h2-5,7H,1H3. The van der Waals surface area contributed by atoms with Crippen molar-refractivity contribution in [2.45, 2.75) is 6.92 Å². The van der Waals surface area contributed by atoms with Gasteiger partial charge in [-0.2, -0.15) is 0 Å². The molecule has 1 aliphatic heterocycles. The Morgan fingerprint density at radius 2 is 2.44 bits per heavy atom. The summed E-state index contributed by atoms with van der Waals surface area (Å²) in [6, 6.07) is 0. The predicted molar refractivity (Wildman–Crippen MR) is 42.1 cm³/mol. The molecule has 46 valence electrons. The van der Waals surface area contributed by atoms with Crippen LogP contribution in [0.2, 0.25) is 0 Å². The molecule has 2 aliphatic rings. The van der Waals surface area contributed by atoms with Gasteiger partial charge >= 0.3 is 0 Å². The first-order valence-corrected chi connectivity index (χ1v) is 3.97. The zero-order valence-corrected chi connectivity index (χ0v) is 6.11. The molecule has 0 spiro atoms. The minimum Gasteiger partial charge on any atom is -0.102 e. The van der Waals surface area contributed by atoms with E-state index in [0.29, 0.717) is 5.92 Å². The van der Waals surface area contributed by atoms with E-state index in [-0.39, 0.29) is 0 Å². The highest BCUT2D eigenvalue weighted by Gasteiger charge is 2.20. The Hall–Kier alpha value is -0.430. The van der Waals surface area contributed by atoms with Gasteiger partial charge in [0.25, 0.3) is 0 Å². The number of hydrogen-bond donors (Lipinski definition) is 0. The molecule has 0 N–H and O–H groups in total. The lowest BCUT2D eigenvalue weighted by Gasteiger charge is -2.01. The summed E-state index contributed by atoms with van der Waals surface area (Å²) in [5.41, 5.74) is 1.49. The van der Waals surface area contributed by atoms with Crippen LogP contribution in [0.4, 0.5) is 0 Å². The van der Waals surface area contributed by atoms with Crippen molar-refractivity contribution < 1.29 is 0 Å². The summed E-state index contributed by atoms with van der Waals surface area (Å²) < 4.78 is 0. The molecule has 1 heterocycles. The molecule has 0 saturated heterocycles. The first-order valence-electron chi connectivity index (χ1n) is 3.09. The van der Waals surface area contributed by atoms with Gasteiger partial charge in [-0.15, -0.1) is 11.8 Å². The van der Waals surface area contributed by atoms with E-state index in [1.165, 1.54) is 10.5 Å². The summed E-state index contributed by atoms with van der Waals surface area (Å²) in [6.45, 7) is 2.19. The van der Waals surface area contributed by atoms with Crippen molar-refractivity contribution in [3.05, 3.63) is 34.1 Å². The fourth-order valence-corrected chi connectivity index (χ4v) is 2.22. The van der Waals surface area contributed by atoms with E-state index >= 15 is 0 Å². The smallest absolute Gasteiger partial charge is 0.0300 e. The molecule has 0 aromatic rings. The molecule has 0 radical (unpaired) electrons. The van der Waals surface area contributed by atoms with E-state index in [1.54, 1.807) is 0 Å². The zero-order chi connectivity index (χ0) is 6.27. The fourth-order valence-electron chi connectivity index (χ4n) is 1.18. The van der Waals surface area contributed by atoms with E-state index in [4.69, 9.17) is 0 Å². The Bertz CT molecular complexity index is 221. The number of fused-ring (bicyclic) bond motifs is 1. The first kappa shape index (κ1) is 5.36. The van der Waals surface area contributed by atoms with Crippen molar-refractivity contribution in [3.63, 3.8) is 0 Å². The van der Waals surface area contributed by atoms with Crippen molar-refractivity contribution in [1.82, 2.24) is 0 Å². The second-order valence-corrected chi connectivity index (χ2v) is 3.35. The molecule has 0 amide bonds. The highest BCUT2D eigenvalue weighted by Crippen LogP contribution is 2.42. The lowest BCUT2D eigenvalue weighted by atomic mass is 10.1. The van der Waals surface area contributed by atoms with Crippen LogP contribution in [0.1, 0.15) is 6.92 Å². The summed E-state index contributed by atoms with van der Waals surface area (Å²) >= 11 is 1.86. The van der Waals surface area contributed by atoms with Gasteiger partial charge in [0.2, 0.25) is 0 Å². The van der Waals surface area contributed by atoms with Crippen LogP contribution < -0.4 is 0 Å². The van der Waals surface area contributed by atoms with Gasteiger partial charge in [0.15, 0.2) is 0 Å². The summed E-state index contributed by atoms with van der Waals surface area (Å²) in [4.78, 5) is 1.49. The monoisotopic (exact) mass is 136 g/mol. The molecule has 0 nitrogen and oxygen atoms in total. The minimum atomic E-state index is 0.648. The quantitative estimate of drug-likeness (QED) is 0.493. The lowest BCUT2D eigenvalue weighted by Crippen LogP contribution is -1.88. The van der Waals surface area contributed by atoms with Crippen LogP contribution >= 0.6 is 11.8 Å². The largest absolute Gasteiger partial charge is 0.102 e. The van der Waals surface area contributed by atoms with Crippen molar-refractivity contribution in [2.24, 2.45) is 5.92 Å². The molecule has 9 heavy (non-hydrogen) atoms. The highest BCUT2D eigenvalue weighted by molar-refractivity contribution is 8.06. The van der Waals surface area contributed by atoms with Crippen molar-refractivity contribution in [3.8, 4) is 0 Å². The molecule has 1 atom stereocenters. The third-order valence-corrected chi connectivity index (χ3v) is 2.89. The third-order valence-electron chi connectivity index (χ3n) is 1.74. The van der Waals surface area contributed by atoms with Crippen molar-refractivity contribution >= 4 is 11.8 Å². The van der Waals surface area contributed by atoms with E-state index in [0.717, 1.165) is 0 Å². The Morgan fingerprint density at radius 3 is 3.22 bits per heavy atom. The molecule has 1 aliphatic carbocycles. The zero-order valence-electron chi connectivity index (χ0n) is 5.29. The molecule has 1 unspecified atom stereocenters. The van der Waals surface area contributed by atoms with Crippen molar-refractivity contribution in [1.29, 1.82) is 0 Å². The summed E-state index contributed by atoms with van der Waals surface area (Å²) in [5.74, 6) is 0.648. The molecule has 2 rings (SSSR count). The Balaban J connectivity index is 2.38. The fraction of sp³-hybridized carbons (Fsp3) is 0.250. The Labute approximate surface area is 59.3 Å². The molecule has 0 saturated carbocycles. The molecule has 1 heteroatoms. The summed E-state index contributed by atoms with van der Waals surface area (Å²) in [7, 11) is 0. The van der Waals surface area contributed by atoms with Gasteiger partial charge < -0.3 is 0 Å². The van der Waals surface area contributed by atoms with Crippen LogP contribution in [0, 0.1) is 5.92 Å². The van der Waals surface area contributed by atoms with Crippen LogP contribution in [-0.4, -0.2) is 0 Å². The number of rotatable bonds is 0. The number of allylic oxidation sites excluding steroid dienone is 5. The van der Waals surface area contributed by atoms with Crippen LogP contribution in [-0.2, 0) is 0 Å². The maximum Gasteiger partial charge on any atom is 0.0300 e. The van der Waals surface area contributed by atoms with E-state index in [2.05, 4.69) is 30.6 Å². The minimum absolute atomic E-state index is 0.648.